The van der Waals surface area contributed by atoms with E-state index in [2.05, 4.69) is 25.4 Å². The molecule has 4 rings (SSSR count). The molecule has 1 unspecified atom stereocenters. The minimum Gasteiger partial charge on any atom is -0.357 e. The number of aromatic nitrogens is 5. The fraction of sp³-hybridized carbons (Fsp3) is 0.158. The number of nitrogens with one attached hydrogen (secondary N) is 1. The second kappa shape index (κ2) is 7.32. The number of fused-ring (bicyclic) bond motifs is 1. The molecule has 0 aliphatic carbocycles. The van der Waals surface area contributed by atoms with E-state index in [4.69, 9.17) is 11.6 Å². The van der Waals surface area contributed by atoms with Gasteiger partial charge in [-0.3, -0.25) is 4.98 Å². The third-order valence-corrected chi connectivity index (χ3v) is 4.39. The molecule has 0 spiro atoms. The highest BCUT2D eigenvalue weighted by Crippen LogP contribution is 2.30. The largest absolute Gasteiger partial charge is 0.453 e. The van der Waals surface area contributed by atoms with Crippen LogP contribution in [0.15, 0.2) is 54.7 Å². The lowest BCUT2D eigenvalue weighted by Crippen LogP contribution is -2.17. The number of anilines is 1. The zero-order valence-electron chi connectivity index (χ0n) is 15.0. The first kappa shape index (κ1) is 19.1. The van der Waals surface area contributed by atoms with E-state index in [1.165, 1.54) is 0 Å². The molecular formula is C19H14ClF3N6. The van der Waals surface area contributed by atoms with Gasteiger partial charge in [-0.2, -0.15) is 22.7 Å². The molecule has 10 heteroatoms. The smallest absolute Gasteiger partial charge is 0.357 e. The Hall–Kier alpha value is -3.20. The number of benzene rings is 1. The lowest BCUT2D eigenvalue weighted by Gasteiger charge is -2.20. The topological polar surface area (TPSA) is 68.0 Å². The minimum absolute atomic E-state index is 0.148. The lowest BCUT2D eigenvalue weighted by molar-refractivity contribution is -0.144. The van der Waals surface area contributed by atoms with Crippen LogP contribution in [-0.4, -0.2) is 24.6 Å². The summed E-state index contributed by atoms with van der Waals surface area (Å²) in [7, 11) is 0. The third kappa shape index (κ3) is 4.00. The summed E-state index contributed by atoms with van der Waals surface area (Å²) in [5, 5.41) is 7.34. The SMILES string of the molecule is Cc1cc(NC(c2cccc(Cl)c2)c2ccccn2)n2nc(C(F)(F)F)nc2n1. The summed E-state index contributed by atoms with van der Waals surface area (Å²) in [5.41, 5.74) is 1.94. The highest BCUT2D eigenvalue weighted by atomic mass is 35.5. The Morgan fingerprint density at radius 2 is 1.90 bits per heavy atom. The predicted molar refractivity (Wildman–Crippen MR) is 102 cm³/mol. The summed E-state index contributed by atoms with van der Waals surface area (Å²) in [5.74, 6) is -1.10. The molecule has 1 N–H and O–H groups in total. The summed E-state index contributed by atoms with van der Waals surface area (Å²) in [4.78, 5) is 11.9. The number of alkyl halides is 3. The van der Waals surface area contributed by atoms with E-state index in [9.17, 15) is 13.2 Å². The Bertz CT molecular complexity index is 1160. The van der Waals surface area contributed by atoms with Crippen LogP contribution in [0, 0.1) is 6.92 Å². The molecule has 29 heavy (non-hydrogen) atoms. The molecule has 0 fully saturated rings. The number of aryl methyl sites for hydroxylation is 1. The van der Waals surface area contributed by atoms with Crippen molar-refractivity contribution >= 4 is 23.2 Å². The summed E-state index contributed by atoms with van der Waals surface area (Å²) in [6, 6.07) is 13.7. The summed E-state index contributed by atoms with van der Waals surface area (Å²) < 4.78 is 40.3. The van der Waals surface area contributed by atoms with Crippen molar-refractivity contribution in [2.45, 2.75) is 19.1 Å². The van der Waals surface area contributed by atoms with E-state index in [1.807, 2.05) is 18.2 Å². The van der Waals surface area contributed by atoms with Crippen molar-refractivity contribution < 1.29 is 13.2 Å². The molecule has 0 saturated heterocycles. The number of halogens is 4. The van der Waals surface area contributed by atoms with Crippen LogP contribution in [0.5, 0.6) is 0 Å². The molecule has 1 atom stereocenters. The Labute approximate surface area is 168 Å². The highest BCUT2D eigenvalue weighted by molar-refractivity contribution is 6.30. The van der Waals surface area contributed by atoms with Crippen LogP contribution in [0.3, 0.4) is 0 Å². The zero-order valence-corrected chi connectivity index (χ0v) is 15.8. The molecule has 3 aromatic heterocycles. The van der Waals surface area contributed by atoms with Gasteiger partial charge in [-0.15, -0.1) is 5.10 Å². The standard InChI is InChI=1S/C19H14ClF3N6/c1-11-9-15(29-18(25-11)27-17(28-29)19(21,22)23)26-16(14-7-2-3-8-24-14)12-5-4-6-13(20)10-12/h2-10,16,26H,1H3. The molecule has 4 aromatic rings. The molecule has 1 aromatic carbocycles. The van der Waals surface area contributed by atoms with E-state index < -0.39 is 18.0 Å². The van der Waals surface area contributed by atoms with Crippen molar-refractivity contribution in [2.24, 2.45) is 0 Å². The lowest BCUT2D eigenvalue weighted by atomic mass is 10.0. The minimum atomic E-state index is -4.67. The maximum Gasteiger partial charge on any atom is 0.453 e. The van der Waals surface area contributed by atoms with E-state index in [0.717, 1.165) is 10.1 Å². The van der Waals surface area contributed by atoms with Gasteiger partial charge in [-0.1, -0.05) is 29.8 Å². The van der Waals surface area contributed by atoms with Crippen LogP contribution in [-0.2, 0) is 6.18 Å². The predicted octanol–water partition coefficient (Wildman–Crippen LogP) is 4.70. The molecule has 3 heterocycles. The van der Waals surface area contributed by atoms with E-state index in [-0.39, 0.29) is 5.78 Å². The van der Waals surface area contributed by atoms with Gasteiger partial charge in [0.25, 0.3) is 11.6 Å². The summed E-state index contributed by atoms with van der Waals surface area (Å²) in [6.07, 6.45) is -3.04. The Morgan fingerprint density at radius 3 is 2.59 bits per heavy atom. The molecule has 148 valence electrons. The van der Waals surface area contributed by atoms with E-state index >= 15 is 0 Å². The van der Waals surface area contributed by atoms with Gasteiger partial charge in [0.2, 0.25) is 0 Å². The summed E-state index contributed by atoms with van der Waals surface area (Å²) in [6.45, 7) is 1.67. The Kier molecular flexibility index (Phi) is 4.83. The van der Waals surface area contributed by atoms with Crippen molar-refractivity contribution in [3.05, 3.63) is 82.5 Å². The highest BCUT2D eigenvalue weighted by Gasteiger charge is 2.37. The van der Waals surface area contributed by atoms with Crippen molar-refractivity contribution in [3.63, 3.8) is 0 Å². The molecule has 0 radical (unpaired) electrons. The van der Waals surface area contributed by atoms with Gasteiger partial charge in [0.05, 0.1) is 11.7 Å². The Morgan fingerprint density at radius 1 is 1.07 bits per heavy atom. The van der Waals surface area contributed by atoms with Gasteiger partial charge in [0, 0.05) is 23.0 Å². The van der Waals surface area contributed by atoms with Gasteiger partial charge in [-0.05, 0) is 36.8 Å². The van der Waals surface area contributed by atoms with Gasteiger partial charge in [0.1, 0.15) is 5.82 Å². The second-order valence-corrected chi connectivity index (χ2v) is 6.75. The second-order valence-electron chi connectivity index (χ2n) is 6.31. The number of hydrogen-bond acceptors (Lipinski definition) is 5. The van der Waals surface area contributed by atoms with Crippen molar-refractivity contribution in [2.75, 3.05) is 5.32 Å². The monoisotopic (exact) mass is 418 g/mol. The van der Waals surface area contributed by atoms with Crippen LogP contribution >= 0.6 is 11.6 Å². The van der Waals surface area contributed by atoms with Crippen LogP contribution < -0.4 is 5.32 Å². The first-order chi connectivity index (χ1) is 13.8. The van der Waals surface area contributed by atoms with Crippen molar-refractivity contribution in [3.8, 4) is 0 Å². The third-order valence-electron chi connectivity index (χ3n) is 4.15. The number of nitrogens with zero attached hydrogens (tertiary/aromatic N) is 5. The quantitative estimate of drug-likeness (QED) is 0.520. The fourth-order valence-corrected chi connectivity index (χ4v) is 3.12. The van der Waals surface area contributed by atoms with Gasteiger partial charge in [0.15, 0.2) is 0 Å². The van der Waals surface area contributed by atoms with E-state index in [1.54, 1.807) is 43.5 Å². The van der Waals surface area contributed by atoms with Crippen LogP contribution in [0.25, 0.3) is 5.78 Å². The molecule has 0 aliphatic rings. The Balaban J connectivity index is 1.84. The van der Waals surface area contributed by atoms with Gasteiger partial charge < -0.3 is 5.32 Å². The zero-order chi connectivity index (χ0) is 20.6. The van der Waals surface area contributed by atoms with Crippen LogP contribution in [0.2, 0.25) is 5.02 Å². The van der Waals surface area contributed by atoms with Crippen LogP contribution in [0.4, 0.5) is 19.0 Å². The number of hydrogen-bond donors (Lipinski definition) is 1. The first-order valence-corrected chi connectivity index (χ1v) is 8.93. The van der Waals surface area contributed by atoms with Gasteiger partial charge >= 0.3 is 6.18 Å². The maximum absolute atomic E-state index is 13.1. The number of rotatable bonds is 4. The van der Waals surface area contributed by atoms with Crippen molar-refractivity contribution in [1.29, 1.82) is 0 Å². The van der Waals surface area contributed by atoms with Crippen LogP contribution in [0.1, 0.15) is 28.8 Å². The van der Waals surface area contributed by atoms with Gasteiger partial charge in [-0.25, -0.2) is 4.98 Å². The molecule has 0 bridgehead atoms. The van der Waals surface area contributed by atoms with E-state index in [0.29, 0.717) is 22.2 Å². The summed E-state index contributed by atoms with van der Waals surface area (Å²) >= 11 is 6.14. The van der Waals surface area contributed by atoms with Crippen molar-refractivity contribution in [1.82, 2.24) is 24.6 Å². The molecular weight excluding hydrogens is 405 g/mol. The average Bonchev–Trinajstić information content (AvgIpc) is 3.11. The molecule has 6 nitrogen and oxygen atoms in total. The first-order valence-electron chi connectivity index (χ1n) is 8.56. The molecule has 0 aliphatic heterocycles. The fourth-order valence-electron chi connectivity index (χ4n) is 2.92. The normalized spacial score (nSPS) is 12.9. The molecule has 0 saturated carbocycles. The number of pyridine rings is 1. The maximum atomic E-state index is 13.1. The average molecular weight is 419 g/mol. The molecule has 0 amide bonds.